The lowest BCUT2D eigenvalue weighted by molar-refractivity contribution is 0.835. The molecule has 1 fully saturated rings. The van der Waals surface area contributed by atoms with Crippen LogP contribution in [0.15, 0.2) is 36.7 Å². The number of thioether (sulfide) groups is 1. The van der Waals surface area contributed by atoms with Gasteiger partial charge >= 0.3 is 0 Å². The molecule has 0 saturated carbocycles. The van der Waals surface area contributed by atoms with Crippen LogP contribution in [-0.4, -0.2) is 34.6 Å². The summed E-state index contributed by atoms with van der Waals surface area (Å²) >= 11 is 1.99. The van der Waals surface area contributed by atoms with E-state index in [2.05, 4.69) is 20.2 Å². The van der Waals surface area contributed by atoms with Crippen molar-refractivity contribution < 1.29 is 0 Å². The lowest BCUT2D eigenvalue weighted by Gasteiger charge is -2.27. The van der Waals surface area contributed by atoms with Crippen LogP contribution in [0.3, 0.4) is 0 Å². The summed E-state index contributed by atoms with van der Waals surface area (Å²) in [5, 5.41) is 3.32. The Balaban J connectivity index is 1.76. The van der Waals surface area contributed by atoms with Gasteiger partial charge in [0.25, 0.3) is 0 Å². The lowest BCUT2D eigenvalue weighted by atomic mass is 10.2. The molecule has 0 radical (unpaired) electrons. The molecule has 6 heteroatoms. The van der Waals surface area contributed by atoms with E-state index in [-0.39, 0.29) is 0 Å². The molecule has 0 unspecified atom stereocenters. The minimum atomic E-state index is 0.538. The third kappa shape index (κ3) is 3.65. The second kappa shape index (κ2) is 6.78. The van der Waals surface area contributed by atoms with Crippen LogP contribution in [0.4, 0.5) is 17.3 Å². The zero-order valence-corrected chi connectivity index (χ0v) is 12.6. The third-order valence-corrected chi connectivity index (χ3v) is 4.37. The highest BCUT2D eigenvalue weighted by Crippen LogP contribution is 2.21. The van der Waals surface area contributed by atoms with E-state index in [9.17, 15) is 0 Å². The number of nitrogens with two attached hydrogens (primary N) is 1. The SMILES string of the molecule is NCc1cccc(Nc2cc(N3CCSCC3)ncn2)c1. The number of aromatic nitrogens is 2. The molecule has 1 aliphatic heterocycles. The average Bonchev–Trinajstić information content (AvgIpc) is 2.56. The molecule has 0 spiro atoms. The van der Waals surface area contributed by atoms with Crippen molar-refractivity contribution in [2.45, 2.75) is 6.54 Å². The number of hydrogen-bond acceptors (Lipinski definition) is 6. The Morgan fingerprint density at radius 1 is 1.19 bits per heavy atom. The van der Waals surface area contributed by atoms with Gasteiger partial charge in [-0.1, -0.05) is 12.1 Å². The highest BCUT2D eigenvalue weighted by atomic mass is 32.2. The van der Waals surface area contributed by atoms with Gasteiger partial charge < -0.3 is 16.0 Å². The van der Waals surface area contributed by atoms with Gasteiger partial charge in [0.1, 0.15) is 18.0 Å². The molecule has 5 nitrogen and oxygen atoms in total. The molecule has 3 N–H and O–H groups in total. The number of rotatable bonds is 4. The summed E-state index contributed by atoms with van der Waals surface area (Å²) in [5.41, 5.74) is 7.77. The number of nitrogens with zero attached hydrogens (tertiary/aromatic N) is 3. The van der Waals surface area contributed by atoms with Gasteiger partial charge in [0.15, 0.2) is 0 Å². The largest absolute Gasteiger partial charge is 0.355 e. The van der Waals surface area contributed by atoms with Crippen LogP contribution in [-0.2, 0) is 6.54 Å². The van der Waals surface area contributed by atoms with Crippen LogP contribution in [0.2, 0.25) is 0 Å². The predicted molar refractivity (Wildman–Crippen MR) is 89.2 cm³/mol. The molecule has 3 rings (SSSR count). The van der Waals surface area contributed by atoms with Crippen LogP contribution < -0.4 is 16.0 Å². The van der Waals surface area contributed by atoms with E-state index in [1.807, 2.05) is 42.1 Å². The number of hydrogen-bond donors (Lipinski definition) is 2. The topological polar surface area (TPSA) is 67.1 Å². The summed E-state index contributed by atoms with van der Waals surface area (Å²) in [6, 6.07) is 10.1. The van der Waals surface area contributed by atoms with E-state index in [4.69, 9.17) is 5.73 Å². The first-order valence-electron chi connectivity index (χ1n) is 7.06. The van der Waals surface area contributed by atoms with Crippen LogP contribution in [0.25, 0.3) is 0 Å². The van der Waals surface area contributed by atoms with Crippen molar-refractivity contribution in [2.24, 2.45) is 5.73 Å². The van der Waals surface area contributed by atoms with Crippen LogP contribution in [0.1, 0.15) is 5.56 Å². The van der Waals surface area contributed by atoms with Gasteiger partial charge in [-0.3, -0.25) is 0 Å². The summed E-state index contributed by atoms with van der Waals surface area (Å²) in [5.74, 6) is 4.12. The molecule has 1 aromatic carbocycles. The van der Waals surface area contributed by atoms with E-state index in [1.165, 1.54) is 0 Å². The van der Waals surface area contributed by atoms with E-state index < -0.39 is 0 Å². The smallest absolute Gasteiger partial charge is 0.135 e. The quantitative estimate of drug-likeness (QED) is 0.903. The van der Waals surface area contributed by atoms with Gasteiger partial charge in [0.2, 0.25) is 0 Å². The first kappa shape index (κ1) is 14.2. The summed E-state index contributed by atoms with van der Waals surface area (Å²) in [6.45, 7) is 2.63. The van der Waals surface area contributed by atoms with E-state index >= 15 is 0 Å². The fourth-order valence-electron chi connectivity index (χ4n) is 2.30. The average molecular weight is 301 g/mol. The normalized spacial score (nSPS) is 15.0. The van der Waals surface area contributed by atoms with Crippen molar-refractivity contribution >= 4 is 29.1 Å². The molecule has 1 aromatic heterocycles. The monoisotopic (exact) mass is 301 g/mol. The highest BCUT2D eigenvalue weighted by molar-refractivity contribution is 7.99. The highest BCUT2D eigenvalue weighted by Gasteiger charge is 2.13. The standard InChI is InChI=1S/C15H19N5S/c16-10-12-2-1-3-13(8-12)19-14-9-15(18-11-17-14)20-4-6-21-7-5-20/h1-3,8-9,11H,4-7,10,16H2,(H,17,18,19). The summed E-state index contributed by atoms with van der Waals surface area (Å²) < 4.78 is 0. The van der Waals surface area contributed by atoms with Gasteiger partial charge in [0.05, 0.1) is 0 Å². The lowest BCUT2D eigenvalue weighted by Crippen LogP contribution is -2.33. The van der Waals surface area contributed by atoms with Crippen molar-refractivity contribution in [1.29, 1.82) is 0 Å². The Bertz CT molecular complexity index is 598. The van der Waals surface area contributed by atoms with Gasteiger partial charge in [0, 0.05) is 42.9 Å². The van der Waals surface area contributed by atoms with Gasteiger partial charge in [-0.25, -0.2) is 9.97 Å². The van der Waals surface area contributed by atoms with Crippen LogP contribution in [0.5, 0.6) is 0 Å². The van der Waals surface area contributed by atoms with Crippen LogP contribution >= 0.6 is 11.8 Å². The summed E-state index contributed by atoms with van der Waals surface area (Å²) in [4.78, 5) is 11.0. The zero-order valence-electron chi connectivity index (χ0n) is 11.8. The first-order chi connectivity index (χ1) is 10.3. The molecule has 2 heterocycles. The molecule has 1 aliphatic rings. The fourth-order valence-corrected chi connectivity index (χ4v) is 3.21. The third-order valence-electron chi connectivity index (χ3n) is 3.42. The van der Waals surface area contributed by atoms with Gasteiger partial charge in [-0.2, -0.15) is 11.8 Å². The predicted octanol–water partition coefficient (Wildman–Crippen LogP) is 2.23. The molecular formula is C15H19N5S. The maximum Gasteiger partial charge on any atom is 0.135 e. The maximum absolute atomic E-state index is 5.67. The Morgan fingerprint density at radius 3 is 2.86 bits per heavy atom. The number of benzene rings is 1. The molecular weight excluding hydrogens is 282 g/mol. The molecule has 0 aliphatic carbocycles. The fraction of sp³-hybridized carbons (Fsp3) is 0.333. The molecule has 110 valence electrons. The second-order valence-electron chi connectivity index (χ2n) is 4.89. The molecule has 1 saturated heterocycles. The van der Waals surface area contributed by atoms with Gasteiger partial charge in [-0.05, 0) is 17.7 Å². The maximum atomic E-state index is 5.67. The minimum absolute atomic E-state index is 0.538. The van der Waals surface area contributed by atoms with Crippen molar-refractivity contribution in [1.82, 2.24) is 9.97 Å². The molecule has 2 aromatic rings. The second-order valence-corrected chi connectivity index (χ2v) is 6.12. The van der Waals surface area contributed by atoms with E-state index in [1.54, 1.807) is 6.33 Å². The molecule has 0 amide bonds. The number of nitrogens with one attached hydrogen (secondary N) is 1. The molecule has 0 atom stereocenters. The van der Waals surface area contributed by atoms with E-state index in [0.717, 1.165) is 47.5 Å². The number of anilines is 3. The summed E-state index contributed by atoms with van der Waals surface area (Å²) in [7, 11) is 0. The van der Waals surface area contributed by atoms with E-state index in [0.29, 0.717) is 6.54 Å². The zero-order chi connectivity index (χ0) is 14.5. The van der Waals surface area contributed by atoms with Crippen molar-refractivity contribution in [3.05, 3.63) is 42.2 Å². The van der Waals surface area contributed by atoms with Crippen LogP contribution in [0, 0.1) is 0 Å². The Labute approximate surface area is 129 Å². The summed E-state index contributed by atoms with van der Waals surface area (Å²) in [6.07, 6.45) is 1.62. The Morgan fingerprint density at radius 2 is 2.05 bits per heavy atom. The van der Waals surface area contributed by atoms with Crippen molar-refractivity contribution in [2.75, 3.05) is 34.8 Å². The van der Waals surface area contributed by atoms with Gasteiger partial charge in [-0.15, -0.1) is 0 Å². The van der Waals surface area contributed by atoms with Crippen molar-refractivity contribution in [3.8, 4) is 0 Å². The minimum Gasteiger partial charge on any atom is -0.355 e. The molecule has 21 heavy (non-hydrogen) atoms. The first-order valence-corrected chi connectivity index (χ1v) is 8.21. The Kier molecular flexibility index (Phi) is 4.57. The molecule has 0 bridgehead atoms. The van der Waals surface area contributed by atoms with Crippen molar-refractivity contribution in [3.63, 3.8) is 0 Å². The Hall–Kier alpha value is -1.79.